The van der Waals surface area contributed by atoms with Crippen LogP contribution in [0.2, 0.25) is 0 Å². The molecule has 0 aliphatic heterocycles. The van der Waals surface area contributed by atoms with Gasteiger partial charge in [-0.3, -0.25) is 0 Å². The number of aromatic nitrogens is 3. The van der Waals surface area contributed by atoms with Crippen molar-refractivity contribution >= 4 is 15.9 Å². The molecular formula is C12H14BrN3O. The maximum absolute atomic E-state index is 5.68. The lowest BCUT2D eigenvalue weighted by atomic mass is 10.2. The molecule has 0 saturated carbocycles. The first kappa shape index (κ1) is 12.1. The van der Waals surface area contributed by atoms with E-state index in [4.69, 9.17) is 4.74 Å². The summed E-state index contributed by atoms with van der Waals surface area (Å²) >= 11 is 3.46. The van der Waals surface area contributed by atoms with Crippen LogP contribution in [0.5, 0.6) is 5.75 Å². The average molecular weight is 296 g/mol. The number of benzene rings is 1. The van der Waals surface area contributed by atoms with Crippen LogP contribution in [-0.4, -0.2) is 14.8 Å². The summed E-state index contributed by atoms with van der Waals surface area (Å²) in [5.41, 5.74) is 1.15. The Balaban J connectivity index is 2.07. The molecule has 0 atom stereocenters. The summed E-state index contributed by atoms with van der Waals surface area (Å²) in [6.45, 7) is 4.38. The van der Waals surface area contributed by atoms with Crippen molar-refractivity contribution in [2.45, 2.75) is 20.5 Å². The van der Waals surface area contributed by atoms with Crippen molar-refractivity contribution in [1.29, 1.82) is 0 Å². The van der Waals surface area contributed by atoms with E-state index in [1.165, 1.54) is 0 Å². The zero-order valence-electron chi connectivity index (χ0n) is 10.1. The van der Waals surface area contributed by atoms with Crippen molar-refractivity contribution in [3.05, 3.63) is 39.9 Å². The van der Waals surface area contributed by atoms with E-state index in [1.807, 2.05) is 43.7 Å². The molecular weight excluding hydrogens is 282 g/mol. The Hall–Kier alpha value is -1.36. The molecule has 0 aliphatic carbocycles. The Bertz CT molecular complexity index is 537. The highest BCUT2D eigenvalue weighted by atomic mass is 79.9. The predicted molar refractivity (Wildman–Crippen MR) is 69.0 cm³/mol. The monoisotopic (exact) mass is 295 g/mol. The van der Waals surface area contributed by atoms with E-state index in [1.54, 1.807) is 0 Å². The Kier molecular flexibility index (Phi) is 3.47. The zero-order valence-corrected chi connectivity index (χ0v) is 11.7. The molecule has 90 valence electrons. The SMILES string of the molecule is Cc1cc(OCc2nnc(C)n2C)ccc1Br. The lowest BCUT2D eigenvalue weighted by Crippen LogP contribution is -2.04. The van der Waals surface area contributed by atoms with E-state index in [2.05, 4.69) is 26.1 Å². The quantitative estimate of drug-likeness (QED) is 0.874. The molecule has 1 aromatic heterocycles. The number of aryl methyl sites for hydroxylation is 2. The number of hydrogen-bond donors (Lipinski definition) is 0. The van der Waals surface area contributed by atoms with Gasteiger partial charge in [0.1, 0.15) is 18.2 Å². The van der Waals surface area contributed by atoms with Crippen molar-refractivity contribution in [3.8, 4) is 5.75 Å². The molecule has 0 aliphatic rings. The minimum atomic E-state index is 0.429. The summed E-state index contributed by atoms with van der Waals surface area (Å²) in [5.74, 6) is 2.55. The van der Waals surface area contributed by atoms with Crippen LogP contribution in [-0.2, 0) is 13.7 Å². The number of nitrogens with zero attached hydrogens (tertiary/aromatic N) is 3. The molecule has 1 aromatic carbocycles. The fourth-order valence-electron chi connectivity index (χ4n) is 1.43. The predicted octanol–water partition coefficient (Wildman–Crippen LogP) is 2.77. The van der Waals surface area contributed by atoms with Gasteiger partial charge in [0.05, 0.1) is 0 Å². The van der Waals surface area contributed by atoms with Gasteiger partial charge in [0.25, 0.3) is 0 Å². The van der Waals surface area contributed by atoms with Crippen LogP contribution in [0.3, 0.4) is 0 Å². The highest BCUT2D eigenvalue weighted by molar-refractivity contribution is 9.10. The van der Waals surface area contributed by atoms with Crippen LogP contribution in [0.4, 0.5) is 0 Å². The van der Waals surface area contributed by atoms with Gasteiger partial charge in [-0.2, -0.15) is 0 Å². The molecule has 5 heteroatoms. The number of rotatable bonds is 3. The van der Waals surface area contributed by atoms with Gasteiger partial charge in [0.2, 0.25) is 0 Å². The molecule has 17 heavy (non-hydrogen) atoms. The third-order valence-corrected chi connectivity index (χ3v) is 3.57. The van der Waals surface area contributed by atoms with Crippen molar-refractivity contribution in [2.75, 3.05) is 0 Å². The number of hydrogen-bond acceptors (Lipinski definition) is 3. The Morgan fingerprint density at radius 2 is 2.06 bits per heavy atom. The summed E-state index contributed by atoms with van der Waals surface area (Å²) in [6, 6.07) is 5.90. The van der Waals surface area contributed by atoms with Crippen LogP contribution >= 0.6 is 15.9 Å². The Morgan fingerprint density at radius 1 is 1.29 bits per heavy atom. The van der Waals surface area contributed by atoms with E-state index in [9.17, 15) is 0 Å². The summed E-state index contributed by atoms with van der Waals surface area (Å²) in [4.78, 5) is 0. The molecule has 0 saturated heterocycles. The first-order valence-corrected chi connectivity index (χ1v) is 6.11. The molecule has 0 radical (unpaired) electrons. The average Bonchev–Trinajstić information content (AvgIpc) is 2.62. The van der Waals surface area contributed by atoms with Gasteiger partial charge >= 0.3 is 0 Å². The van der Waals surface area contributed by atoms with Crippen molar-refractivity contribution in [3.63, 3.8) is 0 Å². The second kappa shape index (κ2) is 4.87. The van der Waals surface area contributed by atoms with E-state index >= 15 is 0 Å². The highest BCUT2D eigenvalue weighted by Gasteiger charge is 2.06. The summed E-state index contributed by atoms with van der Waals surface area (Å²) in [7, 11) is 1.93. The summed E-state index contributed by atoms with van der Waals surface area (Å²) in [5, 5.41) is 8.03. The number of ether oxygens (including phenoxy) is 1. The van der Waals surface area contributed by atoms with Gasteiger partial charge in [-0.25, -0.2) is 0 Å². The maximum Gasteiger partial charge on any atom is 0.170 e. The molecule has 4 nitrogen and oxygen atoms in total. The zero-order chi connectivity index (χ0) is 12.4. The molecule has 0 fully saturated rings. The van der Waals surface area contributed by atoms with Crippen LogP contribution in [0, 0.1) is 13.8 Å². The molecule has 2 rings (SSSR count). The molecule has 0 N–H and O–H groups in total. The second-order valence-electron chi connectivity index (χ2n) is 3.92. The van der Waals surface area contributed by atoms with Gasteiger partial charge in [-0.15, -0.1) is 10.2 Å². The Labute approximate surface area is 109 Å². The van der Waals surface area contributed by atoms with E-state index in [0.717, 1.165) is 27.4 Å². The molecule has 0 unspecified atom stereocenters. The summed E-state index contributed by atoms with van der Waals surface area (Å²) in [6.07, 6.45) is 0. The minimum Gasteiger partial charge on any atom is -0.486 e. The highest BCUT2D eigenvalue weighted by Crippen LogP contribution is 2.22. The first-order chi connectivity index (χ1) is 8.08. The molecule has 0 spiro atoms. The van der Waals surface area contributed by atoms with E-state index < -0.39 is 0 Å². The standard InChI is InChI=1S/C12H14BrN3O/c1-8-6-10(4-5-11(8)13)17-7-12-15-14-9(2)16(12)3/h4-6H,7H2,1-3H3. The normalized spacial score (nSPS) is 10.6. The fraction of sp³-hybridized carbons (Fsp3) is 0.333. The second-order valence-corrected chi connectivity index (χ2v) is 4.78. The lowest BCUT2D eigenvalue weighted by Gasteiger charge is -2.07. The van der Waals surface area contributed by atoms with Crippen LogP contribution < -0.4 is 4.74 Å². The van der Waals surface area contributed by atoms with Gasteiger partial charge in [-0.1, -0.05) is 15.9 Å². The fourth-order valence-corrected chi connectivity index (χ4v) is 1.68. The van der Waals surface area contributed by atoms with Gasteiger partial charge in [0, 0.05) is 11.5 Å². The van der Waals surface area contributed by atoms with E-state index in [0.29, 0.717) is 6.61 Å². The third kappa shape index (κ3) is 2.66. The molecule has 0 amide bonds. The van der Waals surface area contributed by atoms with Gasteiger partial charge in [-0.05, 0) is 37.6 Å². The minimum absolute atomic E-state index is 0.429. The first-order valence-electron chi connectivity index (χ1n) is 5.32. The van der Waals surface area contributed by atoms with Crippen molar-refractivity contribution in [2.24, 2.45) is 7.05 Å². The smallest absolute Gasteiger partial charge is 0.170 e. The lowest BCUT2D eigenvalue weighted by molar-refractivity contribution is 0.291. The van der Waals surface area contributed by atoms with Gasteiger partial charge in [0.15, 0.2) is 5.82 Å². The largest absolute Gasteiger partial charge is 0.486 e. The van der Waals surface area contributed by atoms with Crippen LogP contribution in [0.1, 0.15) is 17.2 Å². The molecule has 0 bridgehead atoms. The van der Waals surface area contributed by atoms with Crippen molar-refractivity contribution < 1.29 is 4.74 Å². The third-order valence-electron chi connectivity index (χ3n) is 2.68. The topological polar surface area (TPSA) is 39.9 Å². The summed E-state index contributed by atoms with van der Waals surface area (Å²) < 4.78 is 8.68. The maximum atomic E-state index is 5.68. The Morgan fingerprint density at radius 3 is 2.65 bits per heavy atom. The van der Waals surface area contributed by atoms with Gasteiger partial charge < -0.3 is 9.30 Å². The van der Waals surface area contributed by atoms with Crippen LogP contribution in [0.15, 0.2) is 22.7 Å². The molecule has 2 aromatic rings. The molecule has 1 heterocycles. The van der Waals surface area contributed by atoms with E-state index in [-0.39, 0.29) is 0 Å². The number of halogens is 1. The van der Waals surface area contributed by atoms with Crippen LogP contribution in [0.25, 0.3) is 0 Å². The van der Waals surface area contributed by atoms with Crippen molar-refractivity contribution in [1.82, 2.24) is 14.8 Å².